The minimum absolute atomic E-state index is 0.0455. The molecule has 0 radical (unpaired) electrons. The Morgan fingerprint density at radius 3 is 2.69 bits per heavy atom. The number of hydrogen-bond acceptors (Lipinski definition) is 3. The zero-order valence-electron chi connectivity index (χ0n) is 15.1. The molecule has 1 atom stereocenters. The first-order chi connectivity index (χ1) is 12.7. The Morgan fingerprint density at radius 2 is 1.96 bits per heavy atom. The number of piperazine rings is 1. The molecule has 1 aromatic carbocycles. The van der Waals surface area contributed by atoms with E-state index >= 15 is 0 Å². The molecule has 1 aliphatic heterocycles. The molecule has 3 heterocycles. The third-order valence-electron chi connectivity index (χ3n) is 5.07. The van der Waals surface area contributed by atoms with Crippen LogP contribution in [0, 0.1) is 0 Å². The topological polar surface area (TPSA) is 55.1 Å². The first-order valence-corrected chi connectivity index (χ1v) is 8.87. The Bertz CT molecular complexity index is 911. The summed E-state index contributed by atoms with van der Waals surface area (Å²) in [5.41, 5.74) is 2.85. The molecule has 1 unspecified atom stereocenters. The second-order valence-corrected chi connectivity index (χ2v) is 6.64. The molecule has 1 amide bonds. The van der Waals surface area contributed by atoms with Crippen LogP contribution in [0.2, 0.25) is 0 Å². The standard InChI is InChI=1S/C20H23N5O/c1-23-12-11-22-19(23)18-14-21-10-13-25(18)20(26)17-9-8-16(24(17)2)15-6-4-3-5-7-15/h3-9,11-12,18,21H,10,13-14H2,1-2H3. The van der Waals surface area contributed by atoms with Gasteiger partial charge in [0.25, 0.3) is 5.91 Å². The summed E-state index contributed by atoms with van der Waals surface area (Å²) < 4.78 is 3.97. The lowest BCUT2D eigenvalue weighted by molar-refractivity contribution is 0.0611. The second kappa shape index (κ2) is 6.80. The van der Waals surface area contributed by atoms with E-state index in [2.05, 4.69) is 22.4 Å². The Hall–Kier alpha value is -2.86. The summed E-state index contributed by atoms with van der Waals surface area (Å²) in [5, 5.41) is 3.38. The van der Waals surface area contributed by atoms with Crippen LogP contribution in [0.25, 0.3) is 11.3 Å². The van der Waals surface area contributed by atoms with E-state index in [9.17, 15) is 4.79 Å². The molecule has 26 heavy (non-hydrogen) atoms. The van der Waals surface area contributed by atoms with E-state index in [1.54, 1.807) is 6.20 Å². The van der Waals surface area contributed by atoms with Crippen LogP contribution in [0.3, 0.4) is 0 Å². The highest BCUT2D eigenvalue weighted by Crippen LogP contribution is 2.26. The Morgan fingerprint density at radius 1 is 1.15 bits per heavy atom. The fraction of sp³-hybridized carbons (Fsp3) is 0.300. The highest BCUT2D eigenvalue weighted by atomic mass is 16.2. The van der Waals surface area contributed by atoms with Gasteiger partial charge in [0, 0.05) is 51.8 Å². The van der Waals surface area contributed by atoms with Crippen molar-refractivity contribution in [3.05, 3.63) is 66.4 Å². The number of hydrogen-bond donors (Lipinski definition) is 1. The molecule has 0 bridgehead atoms. The highest BCUT2D eigenvalue weighted by molar-refractivity contribution is 5.94. The van der Waals surface area contributed by atoms with Crippen LogP contribution in [0.5, 0.6) is 0 Å². The van der Waals surface area contributed by atoms with Crippen molar-refractivity contribution in [1.82, 2.24) is 24.3 Å². The Balaban J connectivity index is 1.66. The lowest BCUT2D eigenvalue weighted by Gasteiger charge is -2.35. The molecule has 134 valence electrons. The number of aryl methyl sites for hydroxylation is 1. The highest BCUT2D eigenvalue weighted by Gasteiger charge is 2.32. The molecule has 0 aliphatic carbocycles. The molecule has 1 fully saturated rings. The van der Waals surface area contributed by atoms with Gasteiger partial charge in [-0.25, -0.2) is 4.98 Å². The van der Waals surface area contributed by atoms with Crippen LogP contribution in [0.15, 0.2) is 54.9 Å². The molecule has 3 aromatic rings. The maximum atomic E-state index is 13.3. The SMILES string of the molecule is Cn1ccnc1C1CNCCN1C(=O)c1ccc(-c2ccccc2)n1C. The van der Waals surface area contributed by atoms with Crippen molar-refractivity contribution >= 4 is 5.91 Å². The van der Waals surface area contributed by atoms with Gasteiger partial charge in [-0.1, -0.05) is 30.3 Å². The molecule has 1 aliphatic rings. The Kier molecular flexibility index (Phi) is 4.34. The zero-order chi connectivity index (χ0) is 18.1. The van der Waals surface area contributed by atoms with Crippen molar-refractivity contribution in [3.63, 3.8) is 0 Å². The van der Waals surface area contributed by atoms with Crippen LogP contribution in [-0.2, 0) is 14.1 Å². The van der Waals surface area contributed by atoms with Crippen LogP contribution >= 0.6 is 0 Å². The fourth-order valence-corrected chi connectivity index (χ4v) is 3.65. The predicted octanol–water partition coefficient (Wildman–Crippen LogP) is 2.21. The van der Waals surface area contributed by atoms with E-state index in [1.807, 2.05) is 64.7 Å². The van der Waals surface area contributed by atoms with Crippen LogP contribution in [0.4, 0.5) is 0 Å². The molecular formula is C20H23N5O. The van der Waals surface area contributed by atoms with Crippen molar-refractivity contribution in [3.8, 4) is 11.3 Å². The number of carbonyl (C=O) groups is 1. The van der Waals surface area contributed by atoms with Gasteiger partial charge in [-0.05, 0) is 17.7 Å². The normalized spacial score (nSPS) is 17.5. The first-order valence-electron chi connectivity index (χ1n) is 8.87. The third-order valence-corrected chi connectivity index (χ3v) is 5.07. The molecule has 0 saturated carbocycles. The summed E-state index contributed by atoms with van der Waals surface area (Å²) in [6.45, 7) is 2.18. The van der Waals surface area contributed by atoms with Gasteiger partial charge in [0.05, 0.1) is 0 Å². The summed E-state index contributed by atoms with van der Waals surface area (Å²) in [6.07, 6.45) is 3.70. The number of benzene rings is 1. The molecular weight excluding hydrogens is 326 g/mol. The fourth-order valence-electron chi connectivity index (χ4n) is 3.65. The average molecular weight is 349 g/mol. The molecule has 6 nitrogen and oxygen atoms in total. The van der Waals surface area contributed by atoms with Gasteiger partial charge in [0.2, 0.25) is 0 Å². The second-order valence-electron chi connectivity index (χ2n) is 6.64. The van der Waals surface area contributed by atoms with E-state index in [1.165, 1.54) is 0 Å². The van der Waals surface area contributed by atoms with Gasteiger partial charge in [-0.2, -0.15) is 0 Å². The van der Waals surface area contributed by atoms with Crippen molar-refractivity contribution in [2.75, 3.05) is 19.6 Å². The Labute approximate surface area is 153 Å². The summed E-state index contributed by atoms with van der Waals surface area (Å²) in [6, 6.07) is 14.0. The van der Waals surface area contributed by atoms with E-state index in [0.717, 1.165) is 23.6 Å². The summed E-state index contributed by atoms with van der Waals surface area (Å²) in [5.74, 6) is 0.951. The monoisotopic (exact) mass is 349 g/mol. The first kappa shape index (κ1) is 16.6. The lowest BCUT2D eigenvalue weighted by Crippen LogP contribution is -2.49. The van der Waals surface area contributed by atoms with E-state index in [-0.39, 0.29) is 11.9 Å². The van der Waals surface area contributed by atoms with Gasteiger partial charge in [-0.15, -0.1) is 0 Å². The number of imidazole rings is 1. The van der Waals surface area contributed by atoms with Gasteiger partial charge in [-0.3, -0.25) is 4.79 Å². The molecule has 6 heteroatoms. The predicted molar refractivity (Wildman–Crippen MR) is 101 cm³/mol. The number of aromatic nitrogens is 3. The molecule has 4 rings (SSSR count). The van der Waals surface area contributed by atoms with Crippen molar-refractivity contribution in [2.45, 2.75) is 6.04 Å². The van der Waals surface area contributed by atoms with E-state index in [4.69, 9.17) is 0 Å². The van der Waals surface area contributed by atoms with Gasteiger partial charge < -0.3 is 19.4 Å². The van der Waals surface area contributed by atoms with E-state index in [0.29, 0.717) is 18.8 Å². The lowest BCUT2D eigenvalue weighted by atomic mass is 10.1. The maximum absolute atomic E-state index is 13.3. The van der Waals surface area contributed by atoms with Crippen LogP contribution in [-0.4, -0.2) is 44.6 Å². The number of nitrogens with zero attached hydrogens (tertiary/aromatic N) is 4. The quantitative estimate of drug-likeness (QED) is 0.789. The summed E-state index contributed by atoms with van der Waals surface area (Å²) in [7, 11) is 3.92. The minimum Gasteiger partial charge on any atom is -0.340 e. The van der Waals surface area contributed by atoms with Crippen molar-refractivity contribution < 1.29 is 4.79 Å². The zero-order valence-corrected chi connectivity index (χ0v) is 15.1. The number of rotatable bonds is 3. The third kappa shape index (κ3) is 2.82. The molecule has 1 N–H and O–H groups in total. The average Bonchev–Trinajstić information content (AvgIpc) is 3.27. The smallest absolute Gasteiger partial charge is 0.271 e. The van der Waals surface area contributed by atoms with Crippen LogP contribution in [0.1, 0.15) is 22.4 Å². The van der Waals surface area contributed by atoms with Crippen molar-refractivity contribution in [1.29, 1.82) is 0 Å². The molecule has 2 aromatic heterocycles. The largest absolute Gasteiger partial charge is 0.340 e. The maximum Gasteiger partial charge on any atom is 0.271 e. The van der Waals surface area contributed by atoms with Gasteiger partial charge >= 0.3 is 0 Å². The van der Waals surface area contributed by atoms with Crippen molar-refractivity contribution in [2.24, 2.45) is 14.1 Å². The molecule has 0 spiro atoms. The van der Waals surface area contributed by atoms with Gasteiger partial charge in [0.15, 0.2) is 0 Å². The minimum atomic E-state index is -0.0636. The summed E-state index contributed by atoms with van der Waals surface area (Å²) in [4.78, 5) is 19.7. The van der Waals surface area contributed by atoms with E-state index < -0.39 is 0 Å². The molecule has 1 saturated heterocycles. The van der Waals surface area contributed by atoms with Gasteiger partial charge in [0.1, 0.15) is 17.6 Å². The number of carbonyl (C=O) groups excluding carboxylic acids is 1. The van der Waals surface area contributed by atoms with Crippen LogP contribution < -0.4 is 5.32 Å². The number of nitrogens with one attached hydrogen (secondary N) is 1. The number of amides is 1. The summed E-state index contributed by atoms with van der Waals surface area (Å²) >= 11 is 0.